The number of hydrogen-bond donors (Lipinski definition) is 3. The molecule has 0 aliphatic heterocycles. The Balaban J connectivity index is 1.88. The molecule has 2 aromatic rings. The van der Waals surface area contributed by atoms with Gasteiger partial charge in [-0.05, 0) is 25.0 Å². The fourth-order valence-corrected chi connectivity index (χ4v) is 2.46. The number of aromatic nitrogens is 2. The van der Waals surface area contributed by atoms with Crippen molar-refractivity contribution in [2.24, 2.45) is 11.1 Å². The van der Waals surface area contributed by atoms with Gasteiger partial charge < -0.3 is 11.1 Å². The van der Waals surface area contributed by atoms with Crippen molar-refractivity contribution in [3.05, 3.63) is 24.4 Å². The number of hydrogen-bond acceptors (Lipinski definition) is 3. The second-order valence-electron chi connectivity index (χ2n) is 4.93. The summed E-state index contributed by atoms with van der Waals surface area (Å²) >= 11 is 0. The van der Waals surface area contributed by atoms with Crippen LogP contribution in [0.4, 0.5) is 5.69 Å². The summed E-state index contributed by atoms with van der Waals surface area (Å²) < 4.78 is 0. The van der Waals surface area contributed by atoms with Crippen molar-refractivity contribution < 1.29 is 4.79 Å². The van der Waals surface area contributed by atoms with Gasteiger partial charge in [-0.1, -0.05) is 12.5 Å². The summed E-state index contributed by atoms with van der Waals surface area (Å²) in [5.74, 6) is 0.0324. The number of rotatable bonds is 3. The third kappa shape index (κ3) is 1.59. The minimum Gasteiger partial charge on any atom is -0.329 e. The summed E-state index contributed by atoms with van der Waals surface area (Å²) in [6, 6.07) is 5.71. The smallest absolute Gasteiger partial charge is 0.231 e. The van der Waals surface area contributed by atoms with E-state index in [1.54, 1.807) is 6.20 Å². The van der Waals surface area contributed by atoms with E-state index in [0.29, 0.717) is 6.54 Å². The number of fused-ring (bicyclic) bond motifs is 1. The largest absolute Gasteiger partial charge is 0.329 e. The van der Waals surface area contributed by atoms with E-state index < -0.39 is 0 Å². The maximum absolute atomic E-state index is 12.3. The van der Waals surface area contributed by atoms with Crippen molar-refractivity contribution in [3.63, 3.8) is 0 Å². The number of H-pyrrole nitrogens is 1. The number of nitrogens with zero attached hydrogens (tertiary/aromatic N) is 1. The highest BCUT2D eigenvalue weighted by atomic mass is 16.2. The van der Waals surface area contributed by atoms with Crippen LogP contribution in [0, 0.1) is 5.41 Å². The molecule has 0 saturated heterocycles. The van der Waals surface area contributed by atoms with E-state index in [4.69, 9.17) is 5.73 Å². The van der Waals surface area contributed by atoms with Crippen LogP contribution in [0.2, 0.25) is 0 Å². The summed E-state index contributed by atoms with van der Waals surface area (Å²) in [6.07, 6.45) is 4.58. The number of anilines is 1. The molecule has 4 N–H and O–H groups in total. The van der Waals surface area contributed by atoms with Crippen molar-refractivity contribution >= 4 is 22.5 Å². The second-order valence-corrected chi connectivity index (χ2v) is 4.93. The van der Waals surface area contributed by atoms with Crippen LogP contribution in [0.25, 0.3) is 10.9 Å². The fourth-order valence-electron chi connectivity index (χ4n) is 2.46. The number of benzene rings is 1. The molecule has 0 unspecified atom stereocenters. The molecule has 94 valence electrons. The molecule has 0 spiro atoms. The Kier molecular flexibility index (Phi) is 2.56. The molecular weight excluding hydrogens is 228 g/mol. The van der Waals surface area contributed by atoms with Crippen LogP contribution >= 0.6 is 0 Å². The van der Waals surface area contributed by atoms with Gasteiger partial charge in [0.15, 0.2) is 0 Å². The molecule has 1 saturated carbocycles. The van der Waals surface area contributed by atoms with Crippen molar-refractivity contribution in [2.75, 3.05) is 11.9 Å². The lowest BCUT2D eigenvalue weighted by atomic mass is 9.68. The van der Waals surface area contributed by atoms with Gasteiger partial charge >= 0.3 is 0 Å². The van der Waals surface area contributed by atoms with Crippen molar-refractivity contribution in [3.8, 4) is 0 Å². The number of amides is 1. The SMILES string of the molecule is NCC1(C(=O)Nc2cccc3[nH]ncc23)CCC1. The third-order valence-electron chi connectivity index (χ3n) is 3.92. The molecule has 1 aliphatic carbocycles. The van der Waals surface area contributed by atoms with Gasteiger partial charge in [0, 0.05) is 11.9 Å². The molecule has 0 atom stereocenters. The zero-order valence-corrected chi connectivity index (χ0v) is 10.1. The fraction of sp³-hybridized carbons (Fsp3) is 0.385. The van der Waals surface area contributed by atoms with Gasteiger partial charge in [-0.25, -0.2) is 0 Å². The van der Waals surface area contributed by atoms with E-state index in [2.05, 4.69) is 15.5 Å². The van der Waals surface area contributed by atoms with E-state index in [1.165, 1.54) is 0 Å². The summed E-state index contributed by atoms with van der Waals surface area (Å²) in [7, 11) is 0. The highest BCUT2D eigenvalue weighted by Crippen LogP contribution is 2.41. The highest BCUT2D eigenvalue weighted by molar-refractivity contribution is 6.03. The average molecular weight is 244 g/mol. The van der Waals surface area contributed by atoms with Gasteiger partial charge in [-0.2, -0.15) is 5.10 Å². The van der Waals surface area contributed by atoms with Gasteiger partial charge in [0.05, 0.1) is 22.8 Å². The van der Waals surface area contributed by atoms with Crippen molar-refractivity contribution in [2.45, 2.75) is 19.3 Å². The van der Waals surface area contributed by atoms with Gasteiger partial charge in [0.25, 0.3) is 0 Å². The average Bonchev–Trinajstić information content (AvgIpc) is 2.77. The first-order valence-electron chi connectivity index (χ1n) is 6.19. The Morgan fingerprint density at radius 3 is 3.00 bits per heavy atom. The molecular formula is C13H16N4O. The first kappa shape index (κ1) is 11.2. The Hall–Kier alpha value is -1.88. The molecule has 5 heteroatoms. The van der Waals surface area contributed by atoms with Gasteiger partial charge in [-0.3, -0.25) is 9.89 Å². The van der Waals surface area contributed by atoms with E-state index in [1.807, 2.05) is 18.2 Å². The Morgan fingerprint density at radius 2 is 2.33 bits per heavy atom. The molecule has 0 radical (unpaired) electrons. The van der Waals surface area contributed by atoms with E-state index in [9.17, 15) is 4.79 Å². The van der Waals surface area contributed by atoms with E-state index in [-0.39, 0.29) is 11.3 Å². The summed E-state index contributed by atoms with van der Waals surface area (Å²) in [5.41, 5.74) is 7.10. The van der Waals surface area contributed by atoms with E-state index in [0.717, 1.165) is 35.9 Å². The lowest BCUT2D eigenvalue weighted by Gasteiger charge is -2.39. The summed E-state index contributed by atoms with van der Waals surface area (Å²) in [4.78, 5) is 12.3. The first-order valence-corrected chi connectivity index (χ1v) is 6.19. The van der Waals surface area contributed by atoms with Crippen LogP contribution in [0.3, 0.4) is 0 Å². The maximum atomic E-state index is 12.3. The van der Waals surface area contributed by atoms with Gasteiger partial charge in [-0.15, -0.1) is 0 Å². The molecule has 1 aliphatic rings. The molecule has 18 heavy (non-hydrogen) atoms. The molecule has 3 rings (SSSR count). The molecule has 0 bridgehead atoms. The standard InChI is InChI=1S/C13H16N4O/c14-8-13(5-2-6-13)12(18)16-10-3-1-4-11-9(10)7-15-17-11/h1,3-4,7H,2,5-6,8,14H2,(H,15,17)(H,16,18). The van der Waals surface area contributed by atoms with Crippen LogP contribution < -0.4 is 11.1 Å². The lowest BCUT2D eigenvalue weighted by Crippen LogP contribution is -2.47. The van der Waals surface area contributed by atoms with E-state index >= 15 is 0 Å². The molecule has 1 aromatic carbocycles. The van der Waals surface area contributed by atoms with Gasteiger partial charge in [0.2, 0.25) is 5.91 Å². The molecule has 1 heterocycles. The molecule has 1 amide bonds. The Bertz CT molecular complexity index is 580. The quantitative estimate of drug-likeness (QED) is 0.767. The van der Waals surface area contributed by atoms with Crippen LogP contribution in [0.5, 0.6) is 0 Å². The highest BCUT2D eigenvalue weighted by Gasteiger charge is 2.42. The topological polar surface area (TPSA) is 83.8 Å². The number of carbonyl (C=O) groups is 1. The maximum Gasteiger partial charge on any atom is 0.231 e. The molecule has 1 aromatic heterocycles. The Morgan fingerprint density at radius 1 is 1.50 bits per heavy atom. The number of aromatic amines is 1. The number of carbonyl (C=O) groups excluding carboxylic acids is 1. The third-order valence-corrected chi connectivity index (χ3v) is 3.92. The minimum atomic E-state index is -0.355. The van der Waals surface area contributed by atoms with Crippen LogP contribution in [0.15, 0.2) is 24.4 Å². The van der Waals surface area contributed by atoms with Crippen LogP contribution in [0.1, 0.15) is 19.3 Å². The Labute approximate surface area is 105 Å². The lowest BCUT2D eigenvalue weighted by molar-refractivity contribution is -0.129. The van der Waals surface area contributed by atoms with Crippen molar-refractivity contribution in [1.82, 2.24) is 10.2 Å². The number of nitrogens with two attached hydrogens (primary N) is 1. The second kappa shape index (κ2) is 4.10. The molecule has 5 nitrogen and oxygen atoms in total. The zero-order valence-electron chi connectivity index (χ0n) is 10.1. The monoisotopic (exact) mass is 244 g/mol. The number of nitrogens with one attached hydrogen (secondary N) is 2. The predicted octanol–water partition coefficient (Wildman–Crippen LogP) is 1.63. The normalized spacial score (nSPS) is 17.4. The van der Waals surface area contributed by atoms with Crippen LogP contribution in [-0.4, -0.2) is 22.6 Å². The predicted molar refractivity (Wildman–Crippen MR) is 70.1 cm³/mol. The van der Waals surface area contributed by atoms with Crippen molar-refractivity contribution in [1.29, 1.82) is 0 Å². The molecule has 1 fully saturated rings. The van der Waals surface area contributed by atoms with Crippen LogP contribution in [-0.2, 0) is 4.79 Å². The van der Waals surface area contributed by atoms with Gasteiger partial charge in [0.1, 0.15) is 0 Å². The summed E-state index contributed by atoms with van der Waals surface area (Å²) in [5, 5.41) is 10.8. The first-order chi connectivity index (χ1) is 8.75. The minimum absolute atomic E-state index is 0.0324. The summed E-state index contributed by atoms with van der Waals surface area (Å²) in [6.45, 7) is 0.417. The zero-order chi connectivity index (χ0) is 12.6.